The SMILES string of the molecule is Oc1cc(F)cc(CNCCC2CCOC2)c1. The Balaban J connectivity index is 1.70. The Bertz CT molecular complexity index is 344. The lowest BCUT2D eigenvalue weighted by Crippen LogP contribution is -2.18. The minimum absolute atomic E-state index is 0.0222. The van der Waals surface area contributed by atoms with Crippen LogP contribution in [-0.2, 0) is 11.3 Å². The molecule has 0 radical (unpaired) electrons. The summed E-state index contributed by atoms with van der Waals surface area (Å²) in [5, 5.41) is 12.5. The summed E-state index contributed by atoms with van der Waals surface area (Å²) in [6, 6.07) is 4.12. The zero-order valence-corrected chi connectivity index (χ0v) is 9.79. The van der Waals surface area contributed by atoms with Crippen LogP contribution in [-0.4, -0.2) is 24.9 Å². The maximum Gasteiger partial charge on any atom is 0.127 e. The molecule has 0 saturated carbocycles. The molecule has 1 fully saturated rings. The fraction of sp³-hybridized carbons (Fsp3) is 0.538. The third-order valence-corrected chi connectivity index (χ3v) is 3.02. The maximum absolute atomic E-state index is 13.0. The zero-order chi connectivity index (χ0) is 12.1. The van der Waals surface area contributed by atoms with Gasteiger partial charge in [0.2, 0.25) is 0 Å². The van der Waals surface area contributed by atoms with Gasteiger partial charge in [0.15, 0.2) is 0 Å². The summed E-state index contributed by atoms with van der Waals surface area (Å²) >= 11 is 0. The van der Waals surface area contributed by atoms with Gasteiger partial charge in [-0.2, -0.15) is 0 Å². The number of phenolic OH excluding ortho intramolecular Hbond substituents is 1. The maximum atomic E-state index is 13.0. The first-order valence-electron chi connectivity index (χ1n) is 6.01. The van der Waals surface area contributed by atoms with Crippen molar-refractivity contribution in [3.05, 3.63) is 29.6 Å². The molecule has 2 rings (SSSR count). The monoisotopic (exact) mass is 239 g/mol. The molecular formula is C13H18FNO2. The van der Waals surface area contributed by atoms with Gasteiger partial charge in [-0.1, -0.05) is 0 Å². The van der Waals surface area contributed by atoms with Crippen molar-refractivity contribution >= 4 is 0 Å². The highest BCUT2D eigenvalue weighted by Crippen LogP contribution is 2.16. The summed E-state index contributed by atoms with van der Waals surface area (Å²) in [5.41, 5.74) is 0.769. The van der Waals surface area contributed by atoms with Gasteiger partial charge in [-0.05, 0) is 43.0 Å². The fourth-order valence-corrected chi connectivity index (χ4v) is 2.09. The number of hydrogen-bond donors (Lipinski definition) is 2. The van der Waals surface area contributed by atoms with Gasteiger partial charge in [-0.15, -0.1) is 0 Å². The van der Waals surface area contributed by atoms with Gasteiger partial charge in [0.25, 0.3) is 0 Å². The molecule has 1 aromatic rings. The first-order valence-corrected chi connectivity index (χ1v) is 6.01. The second kappa shape index (κ2) is 5.98. The van der Waals surface area contributed by atoms with Crippen LogP contribution in [0.1, 0.15) is 18.4 Å². The van der Waals surface area contributed by atoms with E-state index in [1.165, 1.54) is 6.07 Å². The van der Waals surface area contributed by atoms with Gasteiger partial charge in [0.1, 0.15) is 11.6 Å². The van der Waals surface area contributed by atoms with Crippen molar-refractivity contribution in [3.8, 4) is 5.75 Å². The van der Waals surface area contributed by atoms with E-state index in [1.54, 1.807) is 6.07 Å². The van der Waals surface area contributed by atoms with E-state index in [4.69, 9.17) is 4.74 Å². The third-order valence-electron chi connectivity index (χ3n) is 3.02. The van der Waals surface area contributed by atoms with Crippen molar-refractivity contribution in [1.82, 2.24) is 5.32 Å². The number of phenols is 1. The topological polar surface area (TPSA) is 41.5 Å². The van der Waals surface area contributed by atoms with Crippen molar-refractivity contribution in [2.75, 3.05) is 19.8 Å². The van der Waals surface area contributed by atoms with Crippen molar-refractivity contribution in [2.24, 2.45) is 5.92 Å². The highest BCUT2D eigenvalue weighted by molar-refractivity contribution is 5.28. The van der Waals surface area contributed by atoms with Crippen LogP contribution >= 0.6 is 0 Å². The standard InChI is InChI=1S/C13H18FNO2/c14-12-5-11(6-13(16)7-12)8-15-3-1-10-2-4-17-9-10/h5-7,10,15-16H,1-4,8-9H2. The summed E-state index contributed by atoms with van der Waals surface area (Å²) < 4.78 is 18.3. The quantitative estimate of drug-likeness (QED) is 0.773. The molecule has 1 aromatic carbocycles. The molecule has 1 atom stereocenters. The molecule has 1 unspecified atom stereocenters. The molecule has 2 N–H and O–H groups in total. The van der Waals surface area contributed by atoms with Gasteiger partial charge in [0, 0.05) is 25.8 Å². The Labute approximate surface area is 101 Å². The van der Waals surface area contributed by atoms with Crippen LogP contribution in [0, 0.1) is 11.7 Å². The van der Waals surface area contributed by atoms with E-state index in [-0.39, 0.29) is 5.75 Å². The normalized spacial score (nSPS) is 19.7. The summed E-state index contributed by atoms with van der Waals surface area (Å²) in [5.74, 6) is 0.236. The highest BCUT2D eigenvalue weighted by Gasteiger charge is 2.14. The van der Waals surface area contributed by atoms with E-state index >= 15 is 0 Å². The lowest BCUT2D eigenvalue weighted by atomic mass is 10.1. The van der Waals surface area contributed by atoms with Gasteiger partial charge < -0.3 is 15.2 Å². The van der Waals surface area contributed by atoms with Crippen LogP contribution < -0.4 is 5.32 Å². The van der Waals surface area contributed by atoms with Crippen LogP contribution in [0.2, 0.25) is 0 Å². The molecule has 17 heavy (non-hydrogen) atoms. The van der Waals surface area contributed by atoms with Crippen LogP contribution in [0.15, 0.2) is 18.2 Å². The number of aromatic hydroxyl groups is 1. The largest absolute Gasteiger partial charge is 0.508 e. The van der Waals surface area contributed by atoms with Crippen molar-refractivity contribution in [3.63, 3.8) is 0 Å². The average Bonchev–Trinajstić information content (AvgIpc) is 2.76. The second-order valence-electron chi connectivity index (χ2n) is 4.51. The first kappa shape index (κ1) is 12.3. The van der Waals surface area contributed by atoms with Crippen LogP contribution in [0.5, 0.6) is 5.75 Å². The average molecular weight is 239 g/mol. The molecule has 0 aliphatic carbocycles. The lowest BCUT2D eigenvalue weighted by Gasteiger charge is -2.09. The van der Waals surface area contributed by atoms with Crippen LogP contribution in [0.3, 0.4) is 0 Å². The number of rotatable bonds is 5. The lowest BCUT2D eigenvalue weighted by molar-refractivity contribution is 0.184. The van der Waals surface area contributed by atoms with Crippen LogP contribution in [0.4, 0.5) is 4.39 Å². The predicted molar refractivity (Wildman–Crippen MR) is 63.3 cm³/mol. The number of ether oxygens (including phenoxy) is 1. The van der Waals surface area contributed by atoms with Gasteiger partial charge in [-0.3, -0.25) is 0 Å². The minimum Gasteiger partial charge on any atom is -0.508 e. The summed E-state index contributed by atoms with van der Waals surface area (Å²) in [6.07, 6.45) is 2.23. The Kier molecular flexibility index (Phi) is 4.34. The molecule has 0 spiro atoms. The second-order valence-corrected chi connectivity index (χ2v) is 4.51. The van der Waals surface area contributed by atoms with E-state index in [0.717, 1.165) is 44.2 Å². The molecule has 1 heterocycles. The molecular weight excluding hydrogens is 221 g/mol. The molecule has 0 bridgehead atoms. The fourth-order valence-electron chi connectivity index (χ4n) is 2.09. The zero-order valence-electron chi connectivity index (χ0n) is 9.79. The minimum atomic E-state index is -0.397. The van der Waals surface area contributed by atoms with Gasteiger partial charge >= 0.3 is 0 Å². The Morgan fingerprint density at radius 2 is 2.29 bits per heavy atom. The number of benzene rings is 1. The van der Waals surface area contributed by atoms with E-state index in [1.807, 2.05) is 0 Å². The van der Waals surface area contributed by atoms with Gasteiger partial charge in [0.05, 0.1) is 0 Å². The molecule has 4 heteroatoms. The number of halogens is 1. The van der Waals surface area contributed by atoms with Crippen LogP contribution in [0.25, 0.3) is 0 Å². The predicted octanol–water partition coefficient (Wildman–Crippen LogP) is 2.05. The molecule has 1 aliphatic heterocycles. The van der Waals surface area contributed by atoms with E-state index in [9.17, 15) is 9.50 Å². The molecule has 0 amide bonds. The van der Waals surface area contributed by atoms with E-state index < -0.39 is 5.82 Å². The van der Waals surface area contributed by atoms with Crippen molar-refractivity contribution in [2.45, 2.75) is 19.4 Å². The smallest absolute Gasteiger partial charge is 0.127 e. The molecule has 3 nitrogen and oxygen atoms in total. The molecule has 1 saturated heterocycles. The molecule has 1 aliphatic rings. The van der Waals surface area contributed by atoms with Crippen molar-refractivity contribution < 1.29 is 14.2 Å². The Morgan fingerprint density at radius 3 is 3.00 bits per heavy atom. The van der Waals surface area contributed by atoms with E-state index in [2.05, 4.69) is 5.32 Å². The Morgan fingerprint density at radius 1 is 1.41 bits per heavy atom. The summed E-state index contributed by atoms with van der Waals surface area (Å²) in [6.45, 7) is 3.22. The summed E-state index contributed by atoms with van der Waals surface area (Å²) in [7, 11) is 0. The van der Waals surface area contributed by atoms with Gasteiger partial charge in [-0.25, -0.2) is 4.39 Å². The highest BCUT2D eigenvalue weighted by atomic mass is 19.1. The summed E-state index contributed by atoms with van der Waals surface area (Å²) in [4.78, 5) is 0. The molecule has 0 aromatic heterocycles. The van der Waals surface area contributed by atoms with E-state index in [0.29, 0.717) is 12.5 Å². The van der Waals surface area contributed by atoms with Crippen molar-refractivity contribution in [1.29, 1.82) is 0 Å². The number of nitrogens with one attached hydrogen (secondary N) is 1. The first-order chi connectivity index (χ1) is 8.24. The Hall–Kier alpha value is -1.13. The molecule has 94 valence electrons. The third kappa shape index (κ3) is 3.98. The number of hydrogen-bond acceptors (Lipinski definition) is 3.